The van der Waals surface area contributed by atoms with Crippen LogP contribution in [0, 0.1) is 0 Å². The Morgan fingerprint density at radius 3 is 3.06 bits per heavy atom. The van der Waals surface area contributed by atoms with Crippen LogP contribution in [-0.2, 0) is 10.3 Å². The maximum absolute atomic E-state index is 5.94. The van der Waals surface area contributed by atoms with Crippen molar-refractivity contribution in [2.24, 2.45) is 5.73 Å². The summed E-state index contributed by atoms with van der Waals surface area (Å²) in [7, 11) is 0. The van der Waals surface area contributed by atoms with Crippen LogP contribution in [0.15, 0.2) is 36.9 Å². The molecule has 2 atom stereocenters. The van der Waals surface area contributed by atoms with Crippen molar-refractivity contribution < 1.29 is 4.74 Å². The van der Waals surface area contributed by atoms with Gasteiger partial charge in [0.25, 0.3) is 0 Å². The zero-order valence-electron chi connectivity index (χ0n) is 9.86. The number of nitrogens with one attached hydrogen (secondary N) is 1. The topological polar surface area (TPSA) is 73.3 Å². The van der Waals surface area contributed by atoms with Crippen LogP contribution in [0.2, 0.25) is 0 Å². The lowest BCUT2D eigenvalue weighted by Gasteiger charge is -2.40. The van der Waals surface area contributed by atoms with Gasteiger partial charge in [-0.15, -0.1) is 6.58 Å². The van der Waals surface area contributed by atoms with E-state index in [1.165, 1.54) is 0 Å². The van der Waals surface area contributed by atoms with E-state index in [-0.39, 0.29) is 6.23 Å². The average Bonchev–Trinajstić information content (AvgIpc) is 2.29. The Labute approximate surface area is 102 Å². The van der Waals surface area contributed by atoms with Crippen LogP contribution in [0.5, 0.6) is 0 Å². The Morgan fingerprint density at radius 2 is 2.41 bits per heavy atom. The third-order valence-corrected chi connectivity index (χ3v) is 3.02. The van der Waals surface area contributed by atoms with Crippen LogP contribution in [0.3, 0.4) is 0 Å². The summed E-state index contributed by atoms with van der Waals surface area (Å²) in [6, 6.07) is 7.74. The third-order valence-electron chi connectivity index (χ3n) is 3.02. The van der Waals surface area contributed by atoms with Gasteiger partial charge in [-0.25, -0.2) is 0 Å². The number of morpholine rings is 1. The standard InChI is InChI=1S/C13H19N3O/c1-2-6-13(9-16-8-12(15)17-13)10-4-3-5-11(14)7-10/h2-5,7,12,16H,1,6,8-9,14-15H2. The number of hydrogen-bond acceptors (Lipinski definition) is 4. The van der Waals surface area contributed by atoms with Gasteiger partial charge in [0.15, 0.2) is 0 Å². The fourth-order valence-electron chi connectivity index (χ4n) is 2.25. The van der Waals surface area contributed by atoms with Crippen molar-refractivity contribution in [3.8, 4) is 0 Å². The molecular weight excluding hydrogens is 214 g/mol. The summed E-state index contributed by atoms with van der Waals surface area (Å²) < 4.78 is 5.94. The molecule has 1 aliphatic heterocycles. The van der Waals surface area contributed by atoms with Crippen LogP contribution in [0.1, 0.15) is 12.0 Å². The van der Waals surface area contributed by atoms with Gasteiger partial charge in [-0.3, -0.25) is 0 Å². The summed E-state index contributed by atoms with van der Waals surface area (Å²) in [6.45, 7) is 5.18. The van der Waals surface area contributed by atoms with Gasteiger partial charge >= 0.3 is 0 Å². The summed E-state index contributed by atoms with van der Waals surface area (Å²) in [4.78, 5) is 0. The molecule has 2 unspecified atom stereocenters. The molecule has 0 radical (unpaired) electrons. The molecule has 0 saturated carbocycles. The number of rotatable bonds is 3. The molecule has 0 aliphatic carbocycles. The van der Waals surface area contributed by atoms with Crippen molar-refractivity contribution in [2.75, 3.05) is 18.8 Å². The largest absolute Gasteiger partial charge is 0.399 e. The number of ether oxygens (including phenoxy) is 1. The maximum Gasteiger partial charge on any atom is 0.119 e. The van der Waals surface area contributed by atoms with E-state index in [4.69, 9.17) is 16.2 Å². The van der Waals surface area contributed by atoms with Crippen molar-refractivity contribution in [3.05, 3.63) is 42.5 Å². The molecule has 5 N–H and O–H groups in total. The summed E-state index contributed by atoms with van der Waals surface area (Å²) in [6.07, 6.45) is 2.25. The third kappa shape index (κ3) is 2.49. The minimum Gasteiger partial charge on any atom is -0.399 e. The summed E-state index contributed by atoms with van der Waals surface area (Å²) in [5.41, 5.74) is 13.0. The fourth-order valence-corrected chi connectivity index (χ4v) is 2.25. The molecule has 2 rings (SSSR count). The second kappa shape index (κ2) is 4.87. The molecule has 0 spiro atoms. The van der Waals surface area contributed by atoms with E-state index >= 15 is 0 Å². The highest BCUT2D eigenvalue weighted by Gasteiger charge is 2.36. The minimum absolute atomic E-state index is 0.301. The van der Waals surface area contributed by atoms with Gasteiger partial charge in [0.05, 0.1) is 0 Å². The smallest absolute Gasteiger partial charge is 0.119 e. The second-order valence-corrected chi connectivity index (χ2v) is 4.40. The molecule has 1 fully saturated rings. The summed E-state index contributed by atoms with van der Waals surface area (Å²) in [5, 5.41) is 3.29. The Morgan fingerprint density at radius 1 is 1.59 bits per heavy atom. The molecule has 17 heavy (non-hydrogen) atoms. The van der Waals surface area contributed by atoms with Crippen LogP contribution in [0.25, 0.3) is 0 Å². The SMILES string of the molecule is C=CCC1(c2cccc(N)c2)CNCC(N)O1. The van der Waals surface area contributed by atoms with Gasteiger partial charge in [-0.05, 0) is 24.1 Å². The fraction of sp³-hybridized carbons (Fsp3) is 0.385. The molecule has 4 heteroatoms. The number of nitrogen functional groups attached to an aromatic ring is 1. The van der Waals surface area contributed by atoms with Crippen molar-refractivity contribution in [1.29, 1.82) is 0 Å². The van der Waals surface area contributed by atoms with Gasteiger partial charge in [-0.2, -0.15) is 0 Å². The van der Waals surface area contributed by atoms with E-state index in [0.29, 0.717) is 13.0 Å². The Kier molecular flexibility index (Phi) is 3.47. The van der Waals surface area contributed by atoms with Crippen molar-refractivity contribution in [3.63, 3.8) is 0 Å². The van der Waals surface area contributed by atoms with Crippen LogP contribution in [0.4, 0.5) is 5.69 Å². The summed E-state index contributed by atoms with van der Waals surface area (Å²) in [5.74, 6) is 0. The molecular formula is C13H19N3O. The second-order valence-electron chi connectivity index (χ2n) is 4.40. The highest BCUT2D eigenvalue weighted by atomic mass is 16.5. The zero-order chi connectivity index (χ0) is 12.3. The molecule has 0 amide bonds. The number of nitrogens with two attached hydrogens (primary N) is 2. The minimum atomic E-state index is -0.450. The van der Waals surface area contributed by atoms with E-state index in [2.05, 4.69) is 11.9 Å². The van der Waals surface area contributed by atoms with E-state index < -0.39 is 5.60 Å². The molecule has 1 aromatic carbocycles. The van der Waals surface area contributed by atoms with Crippen LogP contribution >= 0.6 is 0 Å². The Balaban J connectivity index is 2.36. The van der Waals surface area contributed by atoms with Crippen molar-refractivity contribution in [2.45, 2.75) is 18.2 Å². The lowest BCUT2D eigenvalue weighted by Crippen LogP contribution is -2.54. The zero-order valence-corrected chi connectivity index (χ0v) is 9.86. The first kappa shape index (κ1) is 12.1. The Hall–Kier alpha value is -1.36. The first-order valence-electron chi connectivity index (χ1n) is 5.77. The van der Waals surface area contributed by atoms with E-state index in [1.807, 2.05) is 30.3 Å². The van der Waals surface area contributed by atoms with E-state index in [9.17, 15) is 0 Å². The van der Waals surface area contributed by atoms with Crippen LogP contribution in [-0.4, -0.2) is 19.3 Å². The van der Waals surface area contributed by atoms with Crippen molar-refractivity contribution in [1.82, 2.24) is 5.32 Å². The van der Waals surface area contributed by atoms with Gasteiger partial charge in [0, 0.05) is 18.8 Å². The maximum atomic E-state index is 5.94. The van der Waals surface area contributed by atoms with Crippen LogP contribution < -0.4 is 16.8 Å². The van der Waals surface area contributed by atoms with E-state index in [0.717, 1.165) is 17.8 Å². The molecule has 1 aromatic rings. The number of anilines is 1. The predicted octanol–water partition coefficient (Wildman–Crippen LogP) is 0.945. The molecule has 1 aliphatic rings. The monoisotopic (exact) mass is 233 g/mol. The lowest BCUT2D eigenvalue weighted by atomic mass is 9.88. The molecule has 0 aromatic heterocycles. The first-order chi connectivity index (χ1) is 8.16. The number of benzene rings is 1. The lowest BCUT2D eigenvalue weighted by molar-refractivity contribution is -0.117. The molecule has 0 bridgehead atoms. The van der Waals surface area contributed by atoms with Gasteiger partial charge in [0.1, 0.15) is 11.8 Å². The normalized spacial score (nSPS) is 28.9. The first-order valence-corrected chi connectivity index (χ1v) is 5.77. The highest BCUT2D eigenvalue weighted by Crippen LogP contribution is 2.33. The predicted molar refractivity (Wildman–Crippen MR) is 69.3 cm³/mol. The van der Waals surface area contributed by atoms with Crippen molar-refractivity contribution >= 4 is 5.69 Å². The molecule has 92 valence electrons. The molecule has 4 nitrogen and oxygen atoms in total. The van der Waals surface area contributed by atoms with Gasteiger partial charge < -0.3 is 21.5 Å². The van der Waals surface area contributed by atoms with Gasteiger partial charge in [0.2, 0.25) is 0 Å². The van der Waals surface area contributed by atoms with E-state index in [1.54, 1.807) is 0 Å². The molecule has 1 saturated heterocycles. The quantitative estimate of drug-likeness (QED) is 0.537. The summed E-state index contributed by atoms with van der Waals surface area (Å²) >= 11 is 0. The average molecular weight is 233 g/mol. The molecule has 1 heterocycles. The Bertz CT molecular complexity index is 407. The number of hydrogen-bond donors (Lipinski definition) is 3. The van der Waals surface area contributed by atoms with Gasteiger partial charge in [-0.1, -0.05) is 18.2 Å². The highest BCUT2D eigenvalue weighted by molar-refractivity contribution is 5.43.